The molecule has 0 fully saturated rings. The molecule has 0 heterocycles. The van der Waals surface area contributed by atoms with E-state index >= 15 is 0 Å². The minimum Gasteiger partial charge on any atom is -0.497 e. The van der Waals surface area contributed by atoms with E-state index in [-0.39, 0.29) is 24.6 Å². The molecule has 6 heteroatoms. The summed E-state index contributed by atoms with van der Waals surface area (Å²) >= 11 is 0. The summed E-state index contributed by atoms with van der Waals surface area (Å²) in [5.74, 6) is -0.616. The van der Waals surface area contributed by atoms with E-state index in [1.165, 1.54) is 13.8 Å². The molecule has 0 saturated carbocycles. The van der Waals surface area contributed by atoms with Crippen LogP contribution in [-0.4, -0.2) is 31.4 Å². The van der Waals surface area contributed by atoms with Crippen LogP contribution in [0.25, 0.3) is 6.08 Å². The number of ketones is 1. The average Bonchev–Trinajstić information content (AvgIpc) is 2.44. The lowest BCUT2D eigenvalue weighted by Crippen LogP contribution is -2.13. The van der Waals surface area contributed by atoms with Gasteiger partial charge in [0.1, 0.15) is 30.3 Å². The molecular formula is C16H18O6. The van der Waals surface area contributed by atoms with E-state index in [1.54, 1.807) is 37.5 Å². The molecule has 0 unspecified atom stereocenters. The molecule has 22 heavy (non-hydrogen) atoms. The Labute approximate surface area is 128 Å². The highest BCUT2D eigenvalue weighted by Crippen LogP contribution is 2.15. The number of methoxy groups -OCH3 is 1. The van der Waals surface area contributed by atoms with E-state index in [9.17, 15) is 14.4 Å². The van der Waals surface area contributed by atoms with Crippen molar-refractivity contribution in [2.75, 3.05) is 13.7 Å². The molecule has 1 rings (SSSR count). The second-order valence-electron chi connectivity index (χ2n) is 4.52. The van der Waals surface area contributed by atoms with Gasteiger partial charge in [-0.25, -0.2) is 0 Å². The highest BCUT2D eigenvalue weighted by Gasteiger charge is 2.10. The second kappa shape index (κ2) is 8.61. The normalized spacial score (nSPS) is 10.8. The fourth-order valence-corrected chi connectivity index (χ4v) is 1.58. The summed E-state index contributed by atoms with van der Waals surface area (Å²) in [6.45, 7) is 2.32. The third-order valence-corrected chi connectivity index (χ3v) is 2.49. The predicted octanol–water partition coefficient (Wildman–Crippen LogP) is 2.12. The Morgan fingerprint density at radius 2 is 1.73 bits per heavy atom. The summed E-state index contributed by atoms with van der Waals surface area (Å²) < 4.78 is 14.9. The number of ether oxygens (including phenoxy) is 3. The molecule has 0 amide bonds. The van der Waals surface area contributed by atoms with Crippen molar-refractivity contribution in [2.45, 2.75) is 20.3 Å². The summed E-state index contributed by atoms with van der Waals surface area (Å²) in [7, 11) is 1.56. The zero-order valence-electron chi connectivity index (χ0n) is 12.8. The molecule has 0 radical (unpaired) electrons. The maximum Gasteiger partial charge on any atom is 0.313 e. The molecule has 0 aromatic heterocycles. The number of carbonyl (C=O) groups is 3. The fraction of sp³-hybridized carbons (Fsp3) is 0.312. The van der Waals surface area contributed by atoms with Crippen molar-refractivity contribution < 1.29 is 28.6 Å². The van der Waals surface area contributed by atoms with Gasteiger partial charge in [-0.15, -0.1) is 0 Å². The van der Waals surface area contributed by atoms with Gasteiger partial charge in [-0.1, -0.05) is 12.1 Å². The molecule has 0 aliphatic heterocycles. The summed E-state index contributed by atoms with van der Waals surface area (Å²) in [4.78, 5) is 33.3. The molecule has 0 aliphatic rings. The largest absolute Gasteiger partial charge is 0.497 e. The van der Waals surface area contributed by atoms with Crippen LogP contribution in [-0.2, 0) is 23.9 Å². The third-order valence-electron chi connectivity index (χ3n) is 2.49. The van der Waals surface area contributed by atoms with E-state index in [4.69, 9.17) is 14.2 Å². The Hall–Kier alpha value is -2.63. The zero-order valence-corrected chi connectivity index (χ0v) is 12.8. The summed E-state index contributed by atoms with van der Waals surface area (Å²) in [6.07, 6.45) is 1.26. The van der Waals surface area contributed by atoms with Crippen molar-refractivity contribution in [3.63, 3.8) is 0 Å². The minimum atomic E-state index is -0.666. The first-order valence-corrected chi connectivity index (χ1v) is 6.59. The van der Waals surface area contributed by atoms with Crippen LogP contribution in [0.1, 0.15) is 25.8 Å². The SMILES string of the molecule is COc1ccc(/C=C(/COC(=O)CC(C)=O)OC(C)=O)cc1. The van der Waals surface area contributed by atoms with Crippen LogP contribution >= 0.6 is 0 Å². The van der Waals surface area contributed by atoms with E-state index in [2.05, 4.69) is 0 Å². The quantitative estimate of drug-likeness (QED) is 0.436. The maximum absolute atomic E-state index is 11.4. The minimum absolute atomic E-state index is 0.176. The van der Waals surface area contributed by atoms with E-state index in [0.717, 1.165) is 5.56 Å². The smallest absolute Gasteiger partial charge is 0.313 e. The molecule has 0 aliphatic carbocycles. The Bertz CT molecular complexity index is 571. The highest BCUT2D eigenvalue weighted by molar-refractivity contribution is 5.94. The van der Waals surface area contributed by atoms with Gasteiger partial charge in [0.2, 0.25) is 0 Å². The predicted molar refractivity (Wildman–Crippen MR) is 79.0 cm³/mol. The van der Waals surface area contributed by atoms with Gasteiger partial charge < -0.3 is 14.2 Å². The first kappa shape index (κ1) is 17.4. The van der Waals surface area contributed by atoms with Gasteiger partial charge in [-0.2, -0.15) is 0 Å². The third kappa shape index (κ3) is 6.69. The Morgan fingerprint density at radius 1 is 1.09 bits per heavy atom. The fourth-order valence-electron chi connectivity index (χ4n) is 1.58. The van der Waals surface area contributed by atoms with Gasteiger partial charge in [-0.3, -0.25) is 14.4 Å². The van der Waals surface area contributed by atoms with Crippen LogP contribution in [0.15, 0.2) is 30.0 Å². The molecule has 0 bridgehead atoms. The van der Waals surface area contributed by atoms with Gasteiger partial charge in [0, 0.05) is 6.92 Å². The van der Waals surface area contributed by atoms with Gasteiger partial charge in [-0.05, 0) is 30.7 Å². The van der Waals surface area contributed by atoms with E-state index in [0.29, 0.717) is 5.75 Å². The molecular weight excluding hydrogens is 288 g/mol. The highest BCUT2D eigenvalue weighted by atomic mass is 16.6. The Balaban J connectivity index is 2.77. The lowest BCUT2D eigenvalue weighted by atomic mass is 10.2. The summed E-state index contributed by atoms with van der Waals surface area (Å²) in [6, 6.07) is 7.03. The van der Waals surface area contributed by atoms with E-state index < -0.39 is 11.9 Å². The average molecular weight is 306 g/mol. The second-order valence-corrected chi connectivity index (χ2v) is 4.52. The lowest BCUT2D eigenvalue weighted by molar-refractivity contribution is -0.148. The van der Waals surface area contributed by atoms with Crippen LogP contribution in [0.3, 0.4) is 0 Å². The molecule has 0 saturated heterocycles. The molecule has 0 atom stereocenters. The van der Waals surface area contributed by atoms with Gasteiger partial charge in [0.15, 0.2) is 0 Å². The van der Waals surface area contributed by atoms with Crippen LogP contribution in [0, 0.1) is 0 Å². The number of esters is 2. The van der Waals surface area contributed by atoms with Gasteiger partial charge in [0.25, 0.3) is 0 Å². The van der Waals surface area contributed by atoms with Crippen molar-refractivity contribution in [1.82, 2.24) is 0 Å². The lowest BCUT2D eigenvalue weighted by Gasteiger charge is -2.08. The number of carbonyl (C=O) groups excluding carboxylic acids is 3. The van der Waals surface area contributed by atoms with Crippen LogP contribution < -0.4 is 4.74 Å². The van der Waals surface area contributed by atoms with Crippen LogP contribution in [0.5, 0.6) is 5.75 Å². The molecule has 6 nitrogen and oxygen atoms in total. The zero-order chi connectivity index (χ0) is 16.5. The monoisotopic (exact) mass is 306 g/mol. The van der Waals surface area contributed by atoms with Crippen molar-refractivity contribution in [3.05, 3.63) is 35.6 Å². The van der Waals surface area contributed by atoms with Crippen molar-refractivity contribution in [2.24, 2.45) is 0 Å². The molecule has 0 N–H and O–H groups in total. The van der Waals surface area contributed by atoms with Gasteiger partial charge in [0.05, 0.1) is 7.11 Å². The first-order valence-electron chi connectivity index (χ1n) is 6.59. The topological polar surface area (TPSA) is 78.9 Å². The van der Waals surface area contributed by atoms with E-state index in [1.807, 2.05) is 0 Å². The van der Waals surface area contributed by atoms with Crippen LogP contribution in [0.2, 0.25) is 0 Å². The Kier molecular flexibility index (Phi) is 6.82. The van der Waals surface area contributed by atoms with Crippen molar-refractivity contribution in [1.29, 1.82) is 0 Å². The molecule has 118 valence electrons. The van der Waals surface area contributed by atoms with Crippen LogP contribution in [0.4, 0.5) is 0 Å². The summed E-state index contributed by atoms with van der Waals surface area (Å²) in [5.41, 5.74) is 0.750. The number of rotatable bonds is 7. The summed E-state index contributed by atoms with van der Waals surface area (Å²) in [5, 5.41) is 0. The molecule has 0 spiro atoms. The number of hydrogen-bond acceptors (Lipinski definition) is 6. The van der Waals surface area contributed by atoms with Crippen molar-refractivity contribution in [3.8, 4) is 5.75 Å². The van der Waals surface area contributed by atoms with Gasteiger partial charge >= 0.3 is 11.9 Å². The Morgan fingerprint density at radius 3 is 2.23 bits per heavy atom. The number of hydrogen-bond donors (Lipinski definition) is 0. The number of Topliss-reactive ketones (excluding diaryl/α,β-unsaturated/α-hetero) is 1. The maximum atomic E-state index is 11.4. The molecule has 1 aromatic rings. The van der Waals surface area contributed by atoms with Crippen molar-refractivity contribution >= 4 is 23.8 Å². The number of benzene rings is 1. The standard InChI is InChI=1S/C16H18O6/c1-11(17)8-16(19)21-10-15(22-12(2)18)9-13-4-6-14(20-3)7-5-13/h4-7,9H,8,10H2,1-3H3/b15-9-. The molecule has 1 aromatic carbocycles. The first-order chi connectivity index (χ1) is 10.4.